The smallest absolute Gasteiger partial charge is 0.257 e. The number of nitrogens with zero attached hydrogens (tertiary/aromatic N) is 1. The molecule has 2 aliphatic rings. The number of benzene rings is 2. The van der Waals surface area contributed by atoms with Gasteiger partial charge in [0.1, 0.15) is 11.4 Å². The van der Waals surface area contributed by atoms with Crippen LogP contribution in [-0.2, 0) is 10.3 Å². The number of nitrogens with one attached hydrogen (secondary N) is 1. The Morgan fingerprint density at radius 2 is 1.96 bits per heavy atom. The Labute approximate surface area is 155 Å². The number of thioether (sulfide) groups is 1. The number of aliphatic imine (C=N–C) groups is 1. The van der Waals surface area contributed by atoms with E-state index in [9.17, 15) is 9.18 Å². The van der Waals surface area contributed by atoms with Crippen molar-refractivity contribution in [3.63, 3.8) is 0 Å². The van der Waals surface area contributed by atoms with E-state index >= 15 is 0 Å². The molecule has 4 rings (SSSR count). The third-order valence-corrected chi connectivity index (χ3v) is 6.04. The predicted molar refractivity (Wildman–Crippen MR) is 101 cm³/mol. The molecular formula is C20H19FN2O2S. The Morgan fingerprint density at radius 3 is 2.73 bits per heavy atom. The van der Waals surface area contributed by atoms with Crippen LogP contribution >= 0.6 is 11.8 Å². The highest BCUT2D eigenvalue weighted by Crippen LogP contribution is 2.48. The summed E-state index contributed by atoms with van der Waals surface area (Å²) in [4.78, 5) is 17.3. The highest BCUT2D eigenvalue weighted by atomic mass is 32.2. The zero-order chi connectivity index (χ0) is 18.1. The molecule has 2 aromatic carbocycles. The van der Waals surface area contributed by atoms with Crippen molar-refractivity contribution in [1.82, 2.24) is 5.32 Å². The van der Waals surface area contributed by atoms with E-state index in [1.54, 1.807) is 24.3 Å². The molecule has 3 atom stereocenters. The van der Waals surface area contributed by atoms with E-state index in [2.05, 4.69) is 5.32 Å². The van der Waals surface area contributed by atoms with Gasteiger partial charge in [-0.25, -0.2) is 9.38 Å². The number of fused-ring (bicyclic) bond motifs is 1. The number of ether oxygens (including phenoxy) is 1. The molecule has 1 amide bonds. The van der Waals surface area contributed by atoms with Gasteiger partial charge in [0.25, 0.3) is 5.91 Å². The summed E-state index contributed by atoms with van der Waals surface area (Å²) in [5.74, 6) is 0.260. The van der Waals surface area contributed by atoms with Crippen molar-refractivity contribution >= 4 is 22.8 Å². The molecular weight excluding hydrogens is 351 g/mol. The minimum Gasteiger partial charge on any atom is -0.375 e. The molecule has 0 aliphatic carbocycles. The lowest BCUT2D eigenvalue weighted by atomic mass is 9.79. The maximum Gasteiger partial charge on any atom is 0.257 e. The van der Waals surface area contributed by atoms with Gasteiger partial charge in [0, 0.05) is 22.8 Å². The highest BCUT2D eigenvalue weighted by Gasteiger charge is 2.52. The number of amidine groups is 1. The van der Waals surface area contributed by atoms with E-state index in [0.717, 1.165) is 0 Å². The number of carbonyl (C=O) groups is 1. The Balaban J connectivity index is 1.70. The fraction of sp³-hybridized carbons (Fsp3) is 0.300. The Hall–Kier alpha value is -2.18. The molecule has 1 unspecified atom stereocenters. The van der Waals surface area contributed by atoms with Crippen molar-refractivity contribution in [2.75, 3.05) is 12.4 Å². The van der Waals surface area contributed by atoms with Crippen LogP contribution < -0.4 is 5.32 Å². The zero-order valence-electron chi connectivity index (χ0n) is 14.3. The van der Waals surface area contributed by atoms with Crippen LogP contribution in [0.2, 0.25) is 0 Å². The molecule has 2 heterocycles. The van der Waals surface area contributed by atoms with Crippen molar-refractivity contribution < 1.29 is 13.9 Å². The van der Waals surface area contributed by atoms with Crippen molar-refractivity contribution in [2.24, 2.45) is 10.9 Å². The average molecular weight is 370 g/mol. The average Bonchev–Trinajstić information content (AvgIpc) is 3.00. The minimum absolute atomic E-state index is 0.0165. The topological polar surface area (TPSA) is 50.7 Å². The summed E-state index contributed by atoms with van der Waals surface area (Å²) in [5, 5.41) is 3.38. The van der Waals surface area contributed by atoms with E-state index in [-0.39, 0.29) is 23.7 Å². The van der Waals surface area contributed by atoms with Gasteiger partial charge in [0.05, 0.1) is 12.7 Å². The first-order valence-electron chi connectivity index (χ1n) is 8.56. The molecule has 0 radical (unpaired) electrons. The van der Waals surface area contributed by atoms with Gasteiger partial charge in [0.15, 0.2) is 5.17 Å². The maximum atomic E-state index is 14.6. The molecule has 0 aromatic heterocycles. The summed E-state index contributed by atoms with van der Waals surface area (Å²) in [5.41, 5.74) is 0.296. The molecule has 134 valence electrons. The first-order chi connectivity index (χ1) is 12.6. The van der Waals surface area contributed by atoms with Crippen LogP contribution in [0.3, 0.4) is 0 Å². The van der Waals surface area contributed by atoms with Gasteiger partial charge in [-0.05, 0) is 25.1 Å². The Kier molecular flexibility index (Phi) is 4.54. The Bertz CT molecular complexity index is 858. The van der Waals surface area contributed by atoms with Gasteiger partial charge in [-0.1, -0.05) is 48.2 Å². The van der Waals surface area contributed by atoms with Crippen LogP contribution in [0, 0.1) is 11.7 Å². The van der Waals surface area contributed by atoms with E-state index < -0.39 is 5.54 Å². The molecule has 0 bridgehead atoms. The van der Waals surface area contributed by atoms with Crippen molar-refractivity contribution in [3.05, 3.63) is 71.5 Å². The lowest BCUT2D eigenvalue weighted by molar-refractivity contribution is 0.0977. The van der Waals surface area contributed by atoms with E-state index in [4.69, 9.17) is 9.73 Å². The van der Waals surface area contributed by atoms with E-state index in [1.165, 1.54) is 17.8 Å². The van der Waals surface area contributed by atoms with Gasteiger partial charge >= 0.3 is 0 Å². The lowest BCUT2D eigenvalue weighted by Gasteiger charge is -2.36. The summed E-state index contributed by atoms with van der Waals surface area (Å²) in [6.45, 7) is 2.31. The first-order valence-corrected chi connectivity index (χ1v) is 9.54. The molecule has 4 nitrogen and oxygen atoms in total. The van der Waals surface area contributed by atoms with E-state index in [0.29, 0.717) is 28.7 Å². The van der Waals surface area contributed by atoms with Crippen molar-refractivity contribution in [3.8, 4) is 0 Å². The van der Waals surface area contributed by atoms with Gasteiger partial charge in [-0.3, -0.25) is 4.79 Å². The number of rotatable bonds is 2. The summed E-state index contributed by atoms with van der Waals surface area (Å²) >= 11 is 1.48. The van der Waals surface area contributed by atoms with Crippen LogP contribution in [0.25, 0.3) is 0 Å². The summed E-state index contributed by atoms with van der Waals surface area (Å²) in [6.07, 6.45) is -0.0165. The largest absolute Gasteiger partial charge is 0.375 e. The second kappa shape index (κ2) is 6.85. The summed E-state index contributed by atoms with van der Waals surface area (Å²) in [7, 11) is 0. The van der Waals surface area contributed by atoms with Crippen LogP contribution in [0.15, 0.2) is 59.6 Å². The van der Waals surface area contributed by atoms with Crippen LogP contribution in [-0.4, -0.2) is 29.5 Å². The second-order valence-corrected chi connectivity index (χ2v) is 7.58. The molecule has 0 spiro atoms. The van der Waals surface area contributed by atoms with Gasteiger partial charge in [-0.15, -0.1) is 0 Å². The third kappa shape index (κ3) is 2.93. The molecule has 6 heteroatoms. The Morgan fingerprint density at radius 1 is 1.23 bits per heavy atom. The number of hydrogen-bond donors (Lipinski definition) is 1. The zero-order valence-corrected chi connectivity index (χ0v) is 15.1. The van der Waals surface area contributed by atoms with Gasteiger partial charge in [0.2, 0.25) is 0 Å². The maximum absolute atomic E-state index is 14.6. The SMILES string of the molecule is C[C@H]1OC[C@]2(c3ccccc3F)N=C(NC(=O)c3ccccc3)SCC12. The minimum atomic E-state index is -0.796. The molecule has 2 aliphatic heterocycles. The van der Waals surface area contributed by atoms with Gasteiger partial charge in [-0.2, -0.15) is 0 Å². The molecule has 1 fully saturated rings. The molecule has 26 heavy (non-hydrogen) atoms. The number of carbonyl (C=O) groups excluding carboxylic acids is 1. The summed E-state index contributed by atoms with van der Waals surface area (Å²) < 4.78 is 20.4. The number of halogens is 1. The standard InChI is InChI=1S/C20H19FN2O2S/c1-13-16-11-26-19(22-18(24)14-7-3-2-4-8-14)23-20(16,12-25-13)15-9-5-6-10-17(15)21/h2-10,13,16H,11-12H2,1H3,(H,22,23,24)/t13-,16?,20-/m1/s1. The number of amides is 1. The van der Waals surface area contributed by atoms with Gasteiger partial charge < -0.3 is 10.1 Å². The van der Waals surface area contributed by atoms with E-state index in [1.807, 2.05) is 31.2 Å². The van der Waals surface area contributed by atoms with Crippen LogP contribution in [0.5, 0.6) is 0 Å². The molecule has 1 saturated heterocycles. The fourth-order valence-electron chi connectivity index (χ4n) is 3.61. The molecule has 0 saturated carbocycles. The molecule has 1 N–H and O–H groups in total. The second-order valence-electron chi connectivity index (χ2n) is 6.57. The summed E-state index contributed by atoms with van der Waals surface area (Å²) in [6, 6.07) is 15.7. The predicted octanol–water partition coefficient (Wildman–Crippen LogP) is 3.59. The monoisotopic (exact) mass is 370 g/mol. The highest BCUT2D eigenvalue weighted by molar-refractivity contribution is 8.13. The normalized spacial score (nSPS) is 27.5. The fourth-order valence-corrected chi connectivity index (χ4v) is 4.89. The van der Waals surface area contributed by atoms with Crippen LogP contribution in [0.4, 0.5) is 4.39 Å². The van der Waals surface area contributed by atoms with Crippen LogP contribution in [0.1, 0.15) is 22.8 Å². The third-order valence-electron chi connectivity index (χ3n) is 5.04. The van der Waals surface area contributed by atoms with Crippen molar-refractivity contribution in [1.29, 1.82) is 0 Å². The quantitative estimate of drug-likeness (QED) is 0.879. The van der Waals surface area contributed by atoms with Crippen molar-refractivity contribution in [2.45, 2.75) is 18.6 Å². The number of hydrogen-bond acceptors (Lipinski definition) is 4. The first kappa shape index (κ1) is 17.2. The molecule has 2 aromatic rings. The lowest BCUT2D eigenvalue weighted by Crippen LogP contribution is -2.44.